The maximum Gasteiger partial charge on any atom is 0.253 e. The summed E-state index contributed by atoms with van der Waals surface area (Å²) in [5, 5.41) is 2.81. The van der Waals surface area contributed by atoms with Crippen molar-refractivity contribution in [3.8, 4) is 5.88 Å². The number of nitrogens with one attached hydrogen (secondary N) is 1. The van der Waals surface area contributed by atoms with E-state index >= 15 is 0 Å². The summed E-state index contributed by atoms with van der Waals surface area (Å²) < 4.78 is 32.9. The summed E-state index contributed by atoms with van der Waals surface area (Å²) in [5.41, 5.74) is 0.895. The Bertz CT molecular complexity index is 590. The van der Waals surface area contributed by atoms with Crippen molar-refractivity contribution in [1.82, 2.24) is 4.98 Å². The summed E-state index contributed by atoms with van der Waals surface area (Å²) in [6, 6.07) is 10.2. The molecule has 0 saturated carbocycles. The van der Waals surface area contributed by atoms with Crippen molar-refractivity contribution in [2.75, 3.05) is 11.9 Å². The van der Waals surface area contributed by atoms with Gasteiger partial charge in [-0.15, -0.1) is 0 Å². The first-order chi connectivity index (χ1) is 10.1. The average molecular weight is 292 g/mol. The number of anilines is 1. The van der Waals surface area contributed by atoms with Gasteiger partial charge >= 0.3 is 0 Å². The number of aromatic nitrogens is 1. The van der Waals surface area contributed by atoms with Gasteiger partial charge in [0.05, 0.1) is 0 Å². The lowest BCUT2D eigenvalue weighted by Gasteiger charge is -2.16. The highest BCUT2D eigenvalue weighted by molar-refractivity contribution is 5.39. The Hall–Kier alpha value is -2.17. The molecule has 1 heterocycles. The lowest BCUT2D eigenvalue weighted by Crippen LogP contribution is -2.10. The Labute approximate surface area is 123 Å². The normalized spacial score (nSPS) is 12.0. The van der Waals surface area contributed by atoms with Crippen LogP contribution in [0.3, 0.4) is 0 Å². The molecule has 2 aromatic rings. The van der Waals surface area contributed by atoms with E-state index in [1.165, 1.54) is 0 Å². The van der Waals surface area contributed by atoms with Gasteiger partial charge in [-0.1, -0.05) is 37.3 Å². The minimum Gasteiger partial charge on any atom is -0.468 e. The van der Waals surface area contributed by atoms with Crippen LogP contribution in [0.4, 0.5) is 14.6 Å². The maximum absolute atomic E-state index is 13.8. The number of ether oxygens (including phenoxy) is 1. The number of rotatable bonds is 6. The van der Waals surface area contributed by atoms with E-state index in [1.54, 1.807) is 6.92 Å². The average Bonchev–Trinajstić information content (AvgIpc) is 2.49. The first-order valence-electron chi connectivity index (χ1n) is 6.93. The largest absolute Gasteiger partial charge is 0.468 e. The molecule has 0 spiro atoms. The molecular formula is C16H18F2N2O. The topological polar surface area (TPSA) is 34.2 Å². The highest BCUT2D eigenvalue weighted by Gasteiger charge is 2.16. The third kappa shape index (κ3) is 3.90. The summed E-state index contributed by atoms with van der Waals surface area (Å²) in [4.78, 5) is 3.89. The third-order valence-corrected chi connectivity index (χ3v) is 3.00. The van der Waals surface area contributed by atoms with Crippen molar-refractivity contribution in [3.63, 3.8) is 0 Å². The zero-order valence-corrected chi connectivity index (χ0v) is 12.1. The SMILES string of the molecule is CCCNc1nc(OC(C)c2ccccc2)c(F)cc1F. The van der Waals surface area contributed by atoms with Gasteiger partial charge in [0.2, 0.25) is 0 Å². The highest BCUT2D eigenvalue weighted by atomic mass is 19.1. The van der Waals surface area contributed by atoms with Crippen LogP contribution in [0.25, 0.3) is 0 Å². The van der Waals surface area contributed by atoms with Crippen LogP contribution in [0.1, 0.15) is 31.9 Å². The predicted octanol–water partition coefficient (Wildman–Crippen LogP) is 4.32. The van der Waals surface area contributed by atoms with Crippen LogP contribution in [0.5, 0.6) is 5.88 Å². The van der Waals surface area contributed by atoms with Gasteiger partial charge in [-0.25, -0.2) is 8.78 Å². The van der Waals surface area contributed by atoms with Crippen molar-refractivity contribution in [3.05, 3.63) is 53.6 Å². The minimum absolute atomic E-state index is 0.00788. The lowest BCUT2D eigenvalue weighted by atomic mass is 10.1. The minimum atomic E-state index is -0.808. The Kier molecular flexibility index (Phi) is 5.09. The Morgan fingerprint density at radius 3 is 2.57 bits per heavy atom. The fourth-order valence-corrected chi connectivity index (χ4v) is 1.86. The van der Waals surface area contributed by atoms with Crippen LogP contribution in [0, 0.1) is 11.6 Å². The van der Waals surface area contributed by atoms with E-state index in [-0.39, 0.29) is 17.8 Å². The molecule has 21 heavy (non-hydrogen) atoms. The monoisotopic (exact) mass is 292 g/mol. The zero-order valence-electron chi connectivity index (χ0n) is 12.1. The van der Waals surface area contributed by atoms with Crippen molar-refractivity contribution in [2.45, 2.75) is 26.4 Å². The number of hydrogen-bond acceptors (Lipinski definition) is 3. The molecule has 3 nitrogen and oxygen atoms in total. The first kappa shape index (κ1) is 15.2. The van der Waals surface area contributed by atoms with E-state index in [0.717, 1.165) is 18.1 Å². The molecule has 0 aliphatic carbocycles. The van der Waals surface area contributed by atoms with Gasteiger partial charge in [-0.2, -0.15) is 4.98 Å². The Balaban J connectivity index is 2.19. The van der Waals surface area contributed by atoms with Gasteiger partial charge in [0.15, 0.2) is 17.5 Å². The molecule has 1 N–H and O–H groups in total. The standard InChI is InChI=1S/C16H18F2N2O/c1-3-9-19-15-13(17)10-14(18)16(20-15)21-11(2)12-7-5-4-6-8-12/h4-8,10-11H,3,9H2,1-2H3,(H,19,20). The fourth-order valence-electron chi connectivity index (χ4n) is 1.86. The number of benzene rings is 1. The number of pyridine rings is 1. The molecule has 112 valence electrons. The Morgan fingerprint density at radius 2 is 1.90 bits per heavy atom. The van der Waals surface area contributed by atoms with E-state index in [2.05, 4.69) is 10.3 Å². The molecule has 0 radical (unpaired) electrons. The van der Waals surface area contributed by atoms with Gasteiger partial charge < -0.3 is 10.1 Å². The molecule has 0 aliphatic rings. The molecule has 0 fully saturated rings. The van der Waals surface area contributed by atoms with Crippen LogP contribution in [-0.2, 0) is 0 Å². The molecule has 0 bridgehead atoms. The summed E-state index contributed by atoms with van der Waals surface area (Å²) in [7, 11) is 0. The molecule has 0 aliphatic heterocycles. The van der Waals surface area contributed by atoms with Crippen molar-refractivity contribution >= 4 is 5.82 Å². The van der Waals surface area contributed by atoms with Crippen molar-refractivity contribution in [2.24, 2.45) is 0 Å². The summed E-state index contributed by atoms with van der Waals surface area (Å²) >= 11 is 0. The smallest absolute Gasteiger partial charge is 0.253 e. The fraction of sp³-hybridized carbons (Fsp3) is 0.312. The molecule has 0 amide bonds. The lowest BCUT2D eigenvalue weighted by molar-refractivity contribution is 0.206. The molecule has 1 aromatic carbocycles. The molecule has 1 aromatic heterocycles. The summed E-state index contributed by atoms with van der Waals surface area (Å²) in [6.07, 6.45) is 0.437. The van der Waals surface area contributed by atoms with E-state index in [1.807, 2.05) is 37.3 Å². The van der Waals surface area contributed by atoms with Crippen LogP contribution in [0.2, 0.25) is 0 Å². The number of halogens is 2. The quantitative estimate of drug-likeness (QED) is 0.861. The van der Waals surface area contributed by atoms with Crippen LogP contribution in [0.15, 0.2) is 36.4 Å². The molecule has 1 unspecified atom stereocenters. The van der Waals surface area contributed by atoms with Gasteiger partial charge in [-0.3, -0.25) is 0 Å². The third-order valence-electron chi connectivity index (χ3n) is 3.00. The Morgan fingerprint density at radius 1 is 1.19 bits per heavy atom. The van der Waals surface area contributed by atoms with E-state index < -0.39 is 11.6 Å². The van der Waals surface area contributed by atoms with Crippen molar-refractivity contribution in [1.29, 1.82) is 0 Å². The van der Waals surface area contributed by atoms with Gasteiger partial charge in [0, 0.05) is 12.6 Å². The molecule has 0 saturated heterocycles. The first-order valence-corrected chi connectivity index (χ1v) is 6.93. The number of nitrogens with zero attached hydrogens (tertiary/aromatic N) is 1. The van der Waals surface area contributed by atoms with E-state index in [0.29, 0.717) is 6.54 Å². The van der Waals surface area contributed by atoms with Gasteiger partial charge in [-0.05, 0) is 18.9 Å². The molecular weight excluding hydrogens is 274 g/mol. The van der Waals surface area contributed by atoms with Crippen LogP contribution < -0.4 is 10.1 Å². The predicted molar refractivity (Wildman–Crippen MR) is 78.4 cm³/mol. The van der Waals surface area contributed by atoms with Crippen LogP contribution in [-0.4, -0.2) is 11.5 Å². The molecule has 5 heteroatoms. The zero-order chi connectivity index (χ0) is 15.2. The van der Waals surface area contributed by atoms with Crippen LogP contribution >= 0.6 is 0 Å². The van der Waals surface area contributed by atoms with Gasteiger partial charge in [0.25, 0.3) is 5.88 Å². The summed E-state index contributed by atoms with van der Waals surface area (Å²) in [5.74, 6) is -1.72. The number of hydrogen-bond donors (Lipinski definition) is 1. The van der Waals surface area contributed by atoms with E-state index in [4.69, 9.17) is 4.74 Å². The van der Waals surface area contributed by atoms with Crippen molar-refractivity contribution < 1.29 is 13.5 Å². The second-order valence-corrected chi connectivity index (χ2v) is 4.70. The molecule has 1 atom stereocenters. The highest BCUT2D eigenvalue weighted by Crippen LogP contribution is 2.25. The van der Waals surface area contributed by atoms with Gasteiger partial charge in [0.1, 0.15) is 6.10 Å². The second kappa shape index (κ2) is 7.02. The summed E-state index contributed by atoms with van der Waals surface area (Å²) in [6.45, 7) is 4.30. The molecule has 2 rings (SSSR count). The second-order valence-electron chi connectivity index (χ2n) is 4.70. The van der Waals surface area contributed by atoms with E-state index in [9.17, 15) is 8.78 Å². The maximum atomic E-state index is 13.8.